The van der Waals surface area contributed by atoms with Crippen LogP contribution in [0.15, 0.2) is 24.3 Å². The second kappa shape index (κ2) is 5.51. The summed E-state index contributed by atoms with van der Waals surface area (Å²) >= 11 is 2.21. The first-order valence-corrected chi connectivity index (χ1v) is 8.69. The highest BCUT2D eigenvalue weighted by Gasteiger charge is 2.63. The van der Waals surface area contributed by atoms with Crippen molar-refractivity contribution in [3.05, 3.63) is 27.8 Å². The van der Waals surface area contributed by atoms with Crippen molar-refractivity contribution < 1.29 is 14.7 Å². The van der Waals surface area contributed by atoms with Gasteiger partial charge in [-0.15, -0.1) is 0 Å². The molecule has 0 spiro atoms. The number of aliphatic carboxylic acids is 1. The van der Waals surface area contributed by atoms with E-state index in [0.29, 0.717) is 0 Å². The van der Waals surface area contributed by atoms with Crippen LogP contribution in [0.3, 0.4) is 0 Å². The number of carbonyl (C=O) groups is 2. The van der Waals surface area contributed by atoms with E-state index in [-0.39, 0.29) is 23.2 Å². The number of carbonyl (C=O) groups excluding carboxylic acids is 1. The Morgan fingerprint density at radius 3 is 2.23 bits per heavy atom. The normalized spacial score (nSPS) is 32.0. The molecule has 0 heterocycles. The molecule has 22 heavy (non-hydrogen) atoms. The molecular formula is C17H20INO3. The largest absolute Gasteiger partial charge is 0.481 e. The van der Waals surface area contributed by atoms with E-state index >= 15 is 0 Å². The number of hydrogen-bond donors (Lipinski definition) is 2. The highest BCUT2D eigenvalue weighted by atomic mass is 127. The third-order valence-corrected chi connectivity index (χ3v) is 6.37. The van der Waals surface area contributed by atoms with Gasteiger partial charge in [0.05, 0.1) is 11.8 Å². The van der Waals surface area contributed by atoms with Gasteiger partial charge in [0, 0.05) is 9.26 Å². The zero-order valence-corrected chi connectivity index (χ0v) is 14.8. The van der Waals surface area contributed by atoms with Gasteiger partial charge in [-0.2, -0.15) is 0 Å². The summed E-state index contributed by atoms with van der Waals surface area (Å²) in [6.07, 6.45) is 1.87. The van der Waals surface area contributed by atoms with Crippen LogP contribution in [0.2, 0.25) is 0 Å². The Morgan fingerprint density at radius 1 is 1.14 bits per heavy atom. The van der Waals surface area contributed by atoms with Crippen LogP contribution in [-0.4, -0.2) is 17.0 Å². The molecule has 118 valence electrons. The molecule has 0 radical (unpaired) electrons. The predicted molar refractivity (Wildman–Crippen MR) is 92.4 cm³/mol. The zero-order valence-electron chi connectivity index (χ0n) is 12.7. The molecule has 4 atom stereocenters. The van der Waals surface area contributed by atoms with Crippen molar-refractivity contribution in [1.29, 1.82) is 0 Å². The highest BCUT2D eigenvalue weighted by molar-refractivity contribution is 14.1. The number of carboxylic acids is 1. The number of anilines is 1. The van der Waals surface area contributed by atoms with Gasteiger partial charge in [-0.05, 0) is 76.9 Å². The van der Waals surface area contributed by atoms with Crippen LogP contribution in [0.5, 0.6) is 0 Å². The van der Waals surface area contributed by atoms with E-state index in [9.17, 15) is 14.7 Å². The van der Waals surface area contributed by atoms with Crippen LogP contribution in [0.1, 0.15) is 26.7 Å². The lowest BCUT2D eigenvalue weighted by Gasteiger charge is -2.27. The summed E-state index contributed by atoms with van der Waals surface area (Å²) < 4.78 is 1.10. The van der Waals surface area contributed by atoms with Crippen molar-refractivity contribution >= 4 is 40.2 Å². The molecule has 0 aromatic heterocycles. The summed E-state index contributed by atoms with van der Waals surface area (Å²) in [5.74, 6) is -1.70. The third kappa shape index (κ3) is 2.43. The Balaban J connectivity index is 1.84. The Hall–Kier alpha value is -1.11. The van der Waals surface area contributed by atoms with Crippen LogP contribution in [0.25, 0.3) is 0 Å². The van der Waals surface area contributed by atoms with Crippen molar-refractivity contribution in [3.63, 3.8) is 0 Å². The van der Waals surface area contributed by atoms with Gasteiger partial charge in [0.15, 0.2) is 0 Å². The number of nitrogens with one attached hydrogen (secondary N) is 1. The second-order valence-corrected chi connectivity index (χ2v) is 8.24. The lowest BCUT2D eigenvalue weighted by Crippen LogP contribution is -2.37. The van der Waals surface area contributed by atoms with Gasteiger partial charge < -0.3 is 10.4 Å². The summed E-state index contributed by atoms with van der Waals surface area (Å²) in [5.41, 5.74) is 0.659. The predicted octanol–water partition coefficient (Wildman–Crippen LogP) is 3.61. The lowest BCUT2D eigenvalue weighted by molar-refractivity contribution is -0.148. The Labute approximate surface area is 143 Å². The van der Waals surface area contributed by atoms with Crippen molar-refractivity contribution in [1.82, 2.24) is 0 Å². The minimum Gasteiger partial charge on any atom is -0.481 e. The third-order valence-electron chi connectivity index (χ3n) is 5.65. The molecule has 2 saturated carbocycles. The Morgan fingerprint density at radius 2 is 1.68 bits per heavy atom. The van der Waals surface area contributed by atoms with Crippen molar-refractivity contribution in [2.75, 3.05) is 5.32 Å². The van der Waals surface area contributed by atoms with Crippen LogP contribution in [0, 0.1) is 32.7 Å². The Bertz CT molecular complexity index is 611. The van der Waals surface area contributed by atoms with Crippen molar-refractivity contribution in [2.24, 2.45) is 29.1 Å². The molecule has 2 aliphatic carbocycles. The lowest BCUT2D eigenvalue weighted by atomic mass is 9.78. The fourth-order valence-corrected chi connectivity index (χ4v) is 4.95. The molecule has 2 N–H and O–H groups in total. The monoisotopic (exact) mass is 413 g/mol. The molecule has 3 rings (SSSR count). The molecule has 4 nitrogen and oxygen atoms in total. The number of carboxylic acid groups (broad SMARTS) is 1. The zero-order chi connectivity index (χ0) is 16.1. The maximum Gasteiger partial charge on any atom is 0.307 e. The standard InChI is InChI=1S/C17H20INO3/c1-17(2)11-7-8-12(17)14(16(21)22)13(11)15(20)19-10-5-3-9(18)4-6-10/h3-6,11-14H,7-8H2,1-2H3,(H,19,20)(H,21,22). The minimum absolute atomic E-state index is 0.0723. The number of hydrogen-bond acceptors (Lipinski definition) is 2. The van der Waals surface area contributed by atoms with Gasteiger partial charge in [-0.1, -0.05) is 13.8 Å². The van der Waals surface area contributed by atoms with Crippen molar-refractivity contribution in [3.8, 4) is 0 Å². The first-order chi connectivity index (χ1) is 10.3. The summed E-state index contributed by atoms with van der Waals surface area (Å²) in [4.78, 5) is 24.4. The van der Waals surface area contributed by atoms with Gasteiger partial charge in [-0.25, -0.2) is 0 Å². The quantitative estimate of drug-likeness (QED) is 0.745. The summed E-state index contributed by atoms with van der Waals surface area (Å²) in [6, 6.07) is 7.56. The van der Waals surface area contributed by atoms with Crippen molar-refractivity contribution in [2.45, 2.75) is 26.7 Å². The molecule has 5 heteroatoms. The summed E-state index contributed by atoms with van der Waals surface area (Å²) in [6.45, 7) is 4.23. The number of benzene rings is 1. The maximum atomic E-state index is 12.7. The fourth-order valence-electron chi connectivity index (χ4n) is 4.59. The van der Waals surface area contributed by atoms with E-state index in [1.165, 1.54) is 0 Å². The molecule has 1 aromatic carbocycles. The fraction of sp³-hybridized carbons (Fsp3) is 0.529. The Kier molecular flexibility index (Phi) is 3.95. The number of fused-ring (bicyclic) bond motifs is 2. The van der Waals surface area contributed by atoms with E-state index < -0.39 is 17.8 Å². The highest BCUT2D eigenvalue weighted by Crippen LogP contribution is 2.63. The van der Waals surface area contributed by atoms with E-state index in [1.54, 1.807) is 0 Å². The van der Waals surface area contributed by atoms with Crippen LogP contribution >= 0.6 is 22.6 Å². The first kappa shape index (κ1) is 15.8. The van der Waals surface area contributed by atoms with E-state index in [1.807, 2.05) is 24.3 Å². The van der Waals surface area contributed by atoms with Crippen LogP contribution in [0.4, 0.5) is 5.69 Å². The molecule has 2 fully saturated rings. The molecule has 2 bridgehead atoms. The van der Waals surface area contributed by atoms with E-state index in [4.69, 9.17) is 0 Å². The molecule has 0 saturated heterocycles. The van der Waals surface area contributed by atoms with Crippen LogP contribution < -0.4 is 5.32 Å². The van der Waals surface area contributed by atoms with Gasteiger partial charge in [0.1, 0.15) is 0 Å². The average Bonchev–Trinajstić information content (AvgIpc) is 2.87. The molecule has 4 unspecified atom stereocenters. The summed E-state index contributed by atoms with van der Waals surface area (Å²) in [7, 11) is 0. The molecule has 0 aliphatic heterocycles. The first-order valence-electron chi connectivity index (χ1n) is 7.61. The van der Waals surface area contributed by atoms with Gasteiger partial charge >= 0.3 is 5.97 Å². The summed E-state index contributed by atoms with van der Waals surface area (Å²) in [5, 5.41) is 12.5. The van der Waals surface area contributed by atoms with E-state index in [2.05, 4.69) is 41.8 Å². The van der Waals surface area contributed by atoms with E-state index in [0.717, 1.165) is 22.1 Å². The number of amides is 1. The van der Waals surface area contributed by atoms with Gasteiger partial charge in [0.2, 0.25) is 5.91 Å². The second-order valence-electron chi connectivity index (χ2n) is 7.00. The smallest absolute Gasteiger partial charge is 0.307 e. The molecule has 1 amide bonds. The number of halogens is 1. The average molecular weight is 413 g/mol. The molecular weight excluding hydrogens is 393 g/mol. The van der Waals surface area contributed by atoms with Gasteiger partial charge in [-0.3, -0.25) is 9.59 Å². The van der Waals surface area contributed by atoms with Crippen LogP contribution in [-0.2, 0) is 9.59 Å². The SMILES string of the molecule is CC1(C)C2CCC1C(C(=O)Nc1ccc(I)cc1)C2C(=O)O. The van der Waals surface area contributed by atoms with Gasteiger partial charge in [0.25, 0.3) is 0 Å². The molecule has 1 aromatic rings. The molecule has 2 aliphatic rings. The minimum atomic E-state index is -0.831. The number of rotatable bonds is 3. The topological polar surface area (TPSA) is 66.4 Å². The maximum absolute atomic E-state index is 12.7.